The van der Waals surface area contributed by atoms with E-state index in [-0.39, 0.29) is 0 Å². The fraction of sp³-hybridized carbons (Fsp3) is 0.167. The molecule has 3 aromatic rings. The Labute approximate surface area is 167 Å². The Hall–Kier alpha value is -2.66. The summed E-state index contributed by atoms with van der Waals surface area (Å²) in [6.45, 7) is 2.06. The van der Waals surface area contributed by atoms with E-state index in [0.717, 1.165) is 34.3 Å². The van der Waals surface area contributed by atoms with Crippen molar-refractivity contribution in [3.05, 3.63) is 108 Å². The van der Waals surface area contributed by atoms with Crippen molar-refractivity contribution in [2.45, 2.75) is 25.9 Å². The lowest BCUT2D eigenvalue weighted by Gasteiger charge is -2.25. The van der Waals surface area contributed by atoms with E-state index in [4.69, 9.17) is 4.65 Å². The highest BCUT2D eigenvalue weighted by Gasteiger charge is 2.26. The van der Waals surface area contributed by atoms with Crippen molar-refractivity contribution in [1.29, 1.82) is 0 Å². The molecule has 0 saturated heterocycles. The summed E-state index contributed by atoms with van der Waals surface area (Å²) in [5.74, 6) is 0. The first-order chi connectivity index (χ1) is 13.7. The summed E-state index contributed by atoms with van der Waals surface area (Å²) in [5.41, 5.74) is 5.11. The van der Waals surface area contributed by atoms with Gasteiger partial charge in [-0.05, 0) is 34.3 Å². The van der Waals surface area contributed by atoms with E-state index in [0.29, 0.717) is 6.42 Å². The topological polar surface area (TPSA) is 49.7 Å². The van der Waals surface area contributed by atoms with Crippen molar-refractivity contribution in [2.75, 3.05) is 0 Å². The van der Waals surface area contributed by atoms with E-state index in [9.17, 15) is 10.0 Å². The summed E-state index contributed by atoms with van der Waals surface area (Å²) in [4.78, 5) is 0. The molecule has 0 aliphatic carbocycles. The van der Waals surface area contributed by atoms with Gasteiger partial charge in [-0.15, -0.1) is 0 Å². The Morgan fingerprint density at radius 2 is 1.18 bits per heavy atom. The third-order valence-electron chi connectivity index (χ3n) is 4.64. The largest absolute Gasteiger partial charge is 0.634 e. The Morgan fingerprint density at radius 3 is 1.57 bits per heavy atom. The molecule has 3 aromatic carbocycles. The molecular formula is C24H25BO3. The van der Waals surface area contributed by atoms with Crippen molar-refractivity contribution >= 4 is 18.5 Å². The minimum Gasteiger partial charge on any atom is -0.402 e. The highest BCUT2D eigenvalue weighted by molar-refractivity contribution is 6.33. The molecule has 2 N–H and O–H groups in total. The summed E-state index contributed by atoms with van der Waals surface area (Å²) in [5, 5.41) is 19.2. The second kappa shape index (κ2) is 10.0. The molecule has 3 rings (SSSR count). The number of benzene rings is 3. The minimum absolute atomic E-state index is 0.456. The van der Waals surface area contributed by atoms with Crippen molar-refractivity contribution < 1.29 is 14.7 Å². The second-order valence-electron chi connectivity index (χ2n) is 6.63. The molecule has 0 aliphatic heterocycles. The standard InChI is InChI=1S/C24H25BO3/c1-2-12-22(28-25(26)27)24(21-17-10-5-11-18-21)23(19-13-6-3-7-14-19)20-15-8-4-9-16-20/h3-11,13-18,22,26-27H,2,12H2,1H3. The van der Waals surface area contributed by atoms with Crippen molar-refractivity contribution in [1.82, 2.24) is 0 Å². The van der Waals surface area contributed by atoms with Crippen molar-refractivity contribution in [3.8, 4) is 0 Å². The third-order valence-corrected chi connectivity index (χ3v) is 4.64. The van der Waals surface area contributed by atoms with Crippen LogP contribution in [0.5, 0.6) is 0 Å². The fourth-order valence-electron chi connectivity index (χ4n) is 3.49. The zero-order valence-corrected chi connectivity index (χ0v) is 16.0. The van der Waals surface area contributed by atoms with Crippen LogP contribution in [-0.4, -0.2) is 23.5 Å². The highest BCUT2D eigenvalue weighted by Crippen LogP contribution is 2.36. The molecule has 0 amide bonds. The van der Waals surface area contributed by atoms with Crippen LogP contribution in [0.25, 0.3) is 11.1 Å². The molecule has 0 aliphatic rings. The number of hydrogen-bond donors (Lipinski definition) is 2. The first-order valence-electron chi connectivity index (χ1n) is 9.62. The van der Waals surface area contributed by atoms with E-state index in [2.05, 4.69) is 31.2 Å². The van der Waals surface area contributed by atoms with E-state index in [1.54, 1.807) is 0 Å². The molecule has 4 heteroatoms. The van der Waals surface area contributed by atoms with Crippen LogP contribution in [0.2, 0.25) is 0 Å². The average molecular weight is 372 g/mol. The normalized spacial score (nSPS) is 11.7. The average Bonchev–Trinajstić information content (AvgIpc) is 2.73. The fourth-order valence-corrected chi connectivity index (χ4v) is 3.49. The summed E-state index contributed by atoms with van der Waals surface area (Å²) >= 11 is 0. The molecule has 0 bridgehead atoms. The van der Waals surface area contributed by atoms with Gasteiger partial charge in [0, 0.05) is 0 Å². The van der Waals surface area contributed by atoms with Crippen LogP contribution in [0.3, 0.4) is 0 Å². The van der Waals surface area contributed by atoms with E-state index in [1.165, 1.54) is 0 Å². The minimum atomic E-state index is -1.83. The lowest BCUT2D eigenvalue weighted by molar-refractivity contribution is 0.146. The van der Waals surface area contributed by atoms with Crippen LogP contribution in [0, 0.1) is 0 Å². The molecule has 142 valence electrons. The first kappa shape index (κ1) is 20.1. The maximum atomic E-state index is 9.58. The summed E-state index contributed by atoms with van der Waals surface area (Å²) in [7, 11) is -1.83. The Morgan fingerprint density at radius 1 is 0.750 bits per heavy atom. The van der Waals surface area contributed by atoms with Gasteiger partial charge in [-0.1, -0.05) is 104 Å². The lowest BCUT2D eigenvalue weighted by atomic mass is 9.85. The van der Waals surface area contributed by atoms with Gasteiger partial charge in [-0.25, -0.2) is 0 Å². The van der Waals surface area contributed by atoms with Gasteiger partial charge in [0.25, 0.3) is 0 Å². The molecule has 0 radical (unpaired) electrons. The maximum Gasteiger partial charge on any atom is 0.634 e. The van der Waals surface area contributed by atoms with Crippen LogP contribution >= 0.6 is 0 Å². The van der Waals surface area contributed by atoms with Crippen LogP contribution < -0.4 is 0 Å². The molecule has 28 heavy (non-hydrogen) atoms. The molecule has 1 unspecified atom stereocenters. The van der Waals surface area contributed by atoms with Gasteiger partial charge in [0.2, 0.25) is 0 Å². The van der Waals surface area contributed by atoms with Gasteiger partial charge in [-0.3, -0.25) is 0 Å². The monoisotopic (exact) mass is 372 g/mol. The van der Waals surface area contributed by atoms with E-state index in [1.807, 2.05) is 66.7 Å². The van der Waals surface area contributed by atoms with Gasteiger partial charge in [-0.2, -0.15) is 0 Å². The Balaban J connectivity index is 2.32. The lowest BCUT2D eigenvalue weighted by Crippen LogP contribution is -2.27. The van der Waals surface area contributed by atoms with Crippen molar-refractivity contribution in [2.24, 2.45) is 0 Å². The van der Waals surface area contributed by atoms with Crippen molar-refractivity contribution in [3.63, 3.8) is 0 Å². The summed E-state index contributed by atoms with van der Waals surface area (Å²) in [6.07, 6.45) is 1.07. The molecule has 0 spiro atoms. The van der Waals surface area contributed by atoms with Gasteiger partial charge in [0.1, 0.15) is 0 Å². The highest BCUT2D eigenvalue weighted by atomic mass is 16.6. The van der Waals surface area contributed by atoms with E-state index >= 15 is 0 Å². The van der Waals surface area contributed by atoms with Crippen LogP contribution in [-0.2, 0) is 4.65 Å². The predicted molar refractivity (Wildman–Crippen MR) is 115 cm³/mol. The molecule has 0 aromatic heterocycles. The summed E-state index contributed by atoms with van der Waals surface area (Å²) in [6, 6.07) is 30.3. The zero-order valence-electron chi connectivity index (χ0n) is 16.0. The third kappa shape index (κ3) is 4.99. The Bertz CT molecular complexity index is 836. The SMILES string of the molecule is CCCC(OB(O)O)C(=C(c1ccccc1)c1ccccc1)c1ccccc1. The molecule has 0 saturated carbocycles. The molecule has 3 nitrogen and oxygen atoms in total. The van der Waals surface area contributed by atoms with Gasteiger partial charge < -0.3 is 14.7 Å². The van der Waals surface area contributed by atoms with Crippen LogP contribution in [0.15, 0.2) is 91.0 Å². The number of rotatable bonds is 8. The summed E-state index contributed by atoms with van der Waals surface area (Å²) < 4.78 is 5.58. The Kier molecular flexibility index (Phi) is 7.21. The quantitative estimate of drug-likeness (QED) is 0.441. The maximum absolute atomic E-state index is 9.58. The smallest absolute Gasteiger partial charge is 0.402 e. The predicted octanol–water partition coefficient (Wildman–Crippen LogP) is 4.80. The van der Waals surface area contributed by atoms with Gasteiger partial charge in [0.05, 0.1) is 6.10 Å². The molecule has 0 fully saturated rings. The van der Waals surface area contributed by atoms with Crippen LogP contribution in [0.1, 0.15) is 36.5 Å². The molecular weight excluding hydrogens is 347 g/mol. The molecule has 0 heterocycles. The zero-order chi connectivity index (χ0) is 19.8. The second-order valence-corrected chi connectivity index (χ2v) is 6.63. The molecule has 1 atom stereocenters. The van der Waals surface area contributed by atoms with Crippen LogP contribution in [0.4, 0.5) is 0 Å². The van der Waals surface area contributed by atoms with Gasteiger partial charge >= 0.3 is 7.32 Å². The van der Waals surface area contributed by atoms with Gasteiger partial charge in [0.15, 0.2) is 0 Å². The van der Waals surface area contributed by atoms with E-state index < -0.39 is 13.4 Å². The first-order valence-corrected chi connectivity index (χ1v) is 9.62. The number of hydrogen-bond acceptors (Lipinski definition) is 3.